The van der Waals surface area contributed by atoms with Gasteiger partial charge in [-0.25, -0.2) is 18.6 Å². The lowest BCUT2D eigenvalue weighted by atomic mass is 9.99. The molecule has 37 heavy (non-hydrogen) atoms. The number of nitrogens with zero attached hydrogens (tertiary/aromatic N) is 3. The molecule has 0 fully saturated rings. The van der Waals surface area contributed by atoms with Crippen LogP contribution in [0.2, 0.25) is 0 Å². The first kappa shape index (κ1) is 25.4. The SMILES string of the molecule is CCn1ncc2cc(Nc3nc(N[C@H](c4ccccc4F)[C@H](C)NC(=O)O)c(F)cc3C(N)=O)ccc21. The standard InChI is InChI=1S/C25H25F2N7O3/c1-3-34-20-9-8-15(10-14(20)12-29-34)31-23-17(22(28)35)11-19(27)24(33-23)32-21(13(2)30-25(36)37)16-6-4-5-7-18(16)26/h4-13,21,30H,3H2,1-2H3,(H2,28,35)(H,36,37)(H2,31,32,33)/t13-,21-/m0/s1. The fraction of sp³-hybridized carbons (Fsp3) is 0.200. The first-order chi connectivity index (χ1) is 17.7. The number of primary amides is 1. The predicted molar refractivity (Wildman–Crippen MR) is 135 cm³/mol. The summed E-state index contributed by atoms with van der Waals surface area (Å²) in [7, 11) is 0. The number of carbonyl (C=O) groups is 2. The monoisotopic (exact) mass is 509 g/mol. The molecule has 0 saturated heterocycles. The van der Waals surface area contributed by atoms with Crippen LogP contribution in [0.3, 0.4) is 0 Å². The van der Waals surface area contributed by atoms with Crippen LogP contribution in [0, 0.1) is 11.6 Å². The molecular weight excluding hydrogens is 484 g/mol. The number of benzene rings is 2. The van der Waals surface area contributed by atoms with E-state index in [-0.39, 0.29) is 22.8 Å². The van der Waals surface area contributed by atoms with Crippen molar-refractivity contribution in [2.45, 2.75) is 32.5 Å². The maximum atomic E-state index is 15.1. The molecule has 0 bridgehead atoms. The minimum Gasteiger partial charge on any atom is -0.465 e. The fourth-order valence-electron chi connectivity index (χ4n) is 4.05. The molecule has 6 N–H and O–H groups in total. The van der Waals surface area contributed by atoms with Crippen LogP contribution in [0.5, 0.6) is 0 Å². The van der Waals surface area contributed by atoms with Crippen molar-refractivity contribution in [3.05, 3.63) is 77.5 Å². The van der Waals surface area contributed by atoms with Gasteiger partial charge in [-0.15, -0.1) is 0 Å². The van der Waals surface area contributed by atoms with Crippen molar-refractivity contribution in [1.29, 1.82) is 0 Å². The van der Waals surface area contributed by atoms with Gasteiger partial charge < -0.3 is 26.8 Å². The zero-order valence-corrected chi connectivity index (χ0v) is 20.0. The van der Waals surface area contributed by atoms with Gasteiger partial charge in [0.1, 0.15) is 11.6 Å². The normalized spacial score (nSPS) is 12.6. The van der Waals surface area contributed by atoms with Crippen molar-refractivity contribution < 1.29 is 23.5 Å². The van der Waals surface area contributed by atoms with E-state index in [4.69, 9.17) is 5.73 Å². The van der Waals surface area contributed by atoms with E-state index in [0.29, 0.717) is 12.2 Å². The second-order valence-electron chi connectivity index (χ2n) is 8.32. The molecule has 0 unspecified atom stereocenters. The maximum Gasteiger partial charge on any atom is 0.404 e. The molecular formula is C25H25F2N7O3. The van der Waals surface area contributed by atoms with E-state index >= 15 is 4.39 Å². The molecule has 2 heterocycles. The Morgan fingerprint density at radius 2 is 1.86 bits per heavy atom. The maximum absolute atomic E-state index is 15.1. The number of carboxylic acid groups (broad SMARTS) is 1. The molecule has 4 aromatic rings. The number of anilines is 3. The van der Waals surface area contributed by atoms with Crippen LogP contribution < -0.4 is 21.7 Å². The number of carbonyl (C=O) groups excluding carboxylic acids is 1. The third-order valence-electron chi connectivity index (χ3n) is 5.83. The number of fused-ring (bicyclic) bond motifs is 1. The van der Waals surface area contributed by atoms with Crippen LogP contribution in [0.4, 0.5) is 30.9 Å². The van der Waals surface area contributed by atoms with Gasteiger partial charge in [0.25, 0.3) is 5.91 Å². The molecule has 2 aromatic heterocycles. The lowest BCUT2D eigenvalue weighted by Crippen LogP contribution is -2.39. The largest absolute Gasteiger partial charge is 0.465 e. The second kappa shape index (κ2) is 10.5. The molecule has 0 aliphatic heterocycles. The summed E-state index contributed by atoms with van der Waals surface area (Å²) in [5, 5.41) is 22.3. The molecule has 0 saturated carbocycles. The van der Waals surface area contributed by atoms with E-state index in [2.05, 4.69) is 26.0 Å². The fourth-order valence-corrected chi connectivity index (χ4v) is 4.05. The van der Waals surface area contributed by atoms with Crippen LogP contribution in [-0.2, 0) is 6.54 Å². The van der Waals surface area contributed by atoms with Crippen LogP contribution in [0.25, 0.3) is 10.9 Å². The number of rotatable bonds is 9. The van der Waals surface area contributed by atoms with Crippen molar-refractivity contribution in [2.75, 3.05) is 10.6 Å². The zero-order valence-electron chi connectivity index (χ0n) is 20.0. The van der Waals surface area contributed by atoms with Gasteiger partial charge in [0.15, 0.2) is 11.6 Å². The van der Waals surface area contributed by atoms with Crippen molar-refractivity contribution >= 4 is 40.2 Å². The van der Waals surface area contributed by atoms with Crippen LogP contribution in [0.1, 0.15) is 35.8 Å². The summed E-state index contributed by atoms with van der Waals surface area (Å²) in [6.07, 6.45) is 0.359. The Balaban J connectivity index is 1.73. The van der Waals surface area contributed by atoms with Gasteiger partial charge in [0.2, 0.25) is 0 Å². The lowest BCUT2D eigenvalue weighted by molar-refractivity contribution is 0.1000. The van der Waals surface area contributed by atoms with Crippen LogP contribution in [0.15, 0.2) is 54.7 Å². The van der Waals surface area contributed by atoms with E-state index in [1.165, 1.54) is 25.1 Å². The van der Waals surface area contributed by atoms with Crippen LogP contribution >= 0.6 is 0 Å². The lowest BCUT2D eigenvalue weighted by Gasteiger charge is -2.27. The van der Waals surface area contributed by atoms with Gasteiger partial charge in [0, 0.05) is 23.2 Å². The van der Waals surface area contributed by atoms with Crippen molar-refractivity contribution in [1.82, 2.24) is 20.1 Å². The molecule has 0 aliphatic rings. The third kappa shape index (κ3) is 5.42. The molecule has 0 aliphatic carbocycles. The van der Waals surface area contributed by atoms with Gasteiger partial charge >= 0.3 is 6.09 Å². The average Bonchev–Trinajstić information content (AvgIpc) is 3.26. The number of aromatic nitrogens is 3. The minimum absolute atomic E-state index is 0.0373. The van der Waals surface area contributed by atoms with Gasteiger partial charge in [0.05, 0.1) is 29.4 Å². The zero-order chi connectivity index (χ0) is 26.7. The summed E-state index contributed by atoms with van der Waals surface area (Å²) in [6.45, 7) is 4.16. The number of pyridine rings is 1. The molecule has 4 rings (SSSR count). The number of nitrogens with two attached hydrogens (primary N) is 1. The van der Waals surface area contributed by atoms with Crippen molar-refractivity contribution in [3.8, 4) is 0 Å². The second-order valence-corrected chi connectivity index (χ2v) is 8.32. The highest BCUT2D eigenvalue weighted by atomic mass is 19.1. The first-order valence-electron chi connectivity index (χ1n) is 11.4. The predicted octanol–water partition coefficient (Wildman–Crippen LogP) is 4.38. The van der Waals surface area contributed by atoms with E-state index in [9.17, 15) is 19.1 Å². The molecule has 2 aromatic carbocycles. The third-order valence-corrected chi connectivity index (χ3v) is 5.83. The summed E-state index contributed by atoms with van der Waals surface area (Å²) in [6, 6.07) is 10.1. The molecule has 0 radical (unpaired) electrons. The number of hydrogen-bond donors (Lipinski definition) is 5. The van der Waals surface area contributed by atoms with E-state index in [1.807, 2.05) is 17.7 Å². The Labute approximate surface area is 210 Å². The summed E-state index contributed by atoms with van der Waals surface area (Å²) >= 11 is 0. The summed E-state index contributed by atoms with van der Waals surface area (Å²) in [4.78, 5) is 27.5. The highest BCUT2D eigenvalue weighted by Crippen LogP contribution is 2.30. The number of halogens is 2. The van der Waals surface area contributed by atoms with Crippen molar-refractivity contribution in [3.63, 3.8) is 0 Å². The Bertz CT molecular complexity index is 1470. The summed E-state index contributed by atoms with van der Waals surface area (Å²) in [5.74, 6) is -2.83. The van der Waals surface area contributed by atoms with E-state index in [0.717, 1.165) is 17.0 Å². The van der Waals surface area contributed by atoms with Crippen LogP contribution in [-0.4, -0.2) is 37.9 Å². The first-order valence-corrected chi connectivity index (χ1v) is 11.4. The Hall–Kier alpha value is -4.74. The molecule has 2 atom stereocenters. The number of hydrogen-bond acceptors (Lipinski definition) is 6. The summed E-state index contributed by atoms with van der Waals surface area (Å²) < 4.78 is 31.5. The minimum atomic E-state index is -1.34. The summed E-state index contributed by atoms with van der Waals surface area (Å²) in [5.41, 5.74) is 6.81. The topological polar surface area (TPSA) is 147 Å². The molecule has 192 valence electrons. The molecule has 2 amide bonds. The number of amides is 2. The molecule has 12 heteroatoms. The quantitative estimate of drug-likeness (QED) is 0.225. The molecule has 10 nitrogen and oxygen atoms in total. The molecule has 0 spiro atoms. The Morgan fingerprint density at radius 1 is 1.11 bits per heavy atom. The Morgan fingerprint density at radius 3 is 2.54 bits per heavy atom. The average molecular weight is 510 g/mol. The smallest absolute Gasteiger partial charge is 0.404 e. The highest BCUT2D eigenvalue weighted by molar-refractivity contribution is 5.99. The van der Waals surface area contributed by atoms with Crippen molar-refractivity contribution in [2.24, 2.45) is 5.73 Å². The number of aryl methyl sites for hydroxylation is 1. The highest BCUT2D eigenvalue weighted by Gasteiger charge is 2.26. The number of nitrogens with one attached hydrogen (secondary N) is 3. The van der Waals surface area contributed by atoms with E-state index < -0.39 is 35.7 Å². The van der Waals surface area contributed by atoms with E-state index in [1.54, 1.807) is 24.4 Å². The van der Waals surface area contributed by atoms with Gasteiger partial charge in [-0.1, -0.05) is 18.2 Å². The van der Waals surface area contributed by atoms with Gasteiger partial charge in [-0.05, 0) is 44.2 Å². The van der Waals surface area contributed by atoms with Gasteiger partial charge in [-0.3, -0.25) is 9.48 Å². The van der Waals surface area contributed by atoms with Gasteiger partial charge in [-0.2, -0.15) is 5.10 Å². The Kier molecular flexibility index (Phi) is 7.18.